The Kier molecular flexibility index (Phi) is 3.51. The lowest BCUT2D eigenvalue weighted by Crippen LogP contribution is -2.47. The van der Waals surface area contributed by atoms with Gasteiger partial charge < -0.3 is 14.4 Å². The predicted octanol–water partition coefficient (Wildman–Crippen LogP) is 1.28. The van der Waals surface area contributed by atoms with Crippen LogP contribution >= 0.6 is 0 Å². The molecular formula is C18H22N8. The van der Waals surface area contributed by atoms with E-state index >= 15 is 0 Å². The molecule has 0 saturated carbocycles. The molecule has 8 nitrogen and oxygen atoms in total. The van der Waals surface area contributed by atoms with E-state index in [-0.39, 0.29) is 0 Å². The number of imidazole rings is 1. The third kappa shape index (κ3) is 2.40. The van der Waals surface area contributed by atoms with Crippen LogP contribution in [0.25, 0.3) is 11.2 Å². The molecule has 0 bridgehead atoms. The van der Waals surface area contributed by atoms with Crippen molar-refractivity contribution in [1.29, 1.82) is 0 Å². The van der Waals surface area contributed by atoms with E-state index in [0.717, 1.165) is 67.6 Å². The van der Waals surface area contributed by atoms with Crippen LogP contribution < -0.4 is 9.80 Å². The topological polar surface area (TPSA) is 75.9 Å². The summed E-state index contributed by atoms with van der Waals surface area (Å²) in [4.78, 5) is 27.3. The molecule has 2 aliphatic rings. The molecule has 3 aromatic heterocycles. The van der Waals surface area contributed by atoms with E-state index in [0.29, 0.717) is 0 Å². The first kappa shape index (κ1) is 15.5. The van der Waals surface area contributed by atoms with Gasteiger partial charge in [0.05, 0.1) is 6.33 Å². The highest BCUT2D eigenvalue weighted by atomic mass is 15.3. The van der Waals surface area contributed by atoms with Crippen molar-refractivity contribution in [2.75, 3.05) is 36.0 Å². The minimum absolute atomic E-state index is 0.754. The van der Waals surface area contributed by atoms with Crippen molar-refractivity contribution in [1.82, 2.24) is 29.5 Å². The van der Waals surface area contributed by atoms with Gasteiger partial charge in [0.2, 0.25) is 0 Å². The number of hydrogen-bond acceptors (Lipinski definition) is 7. The number of hydrogen-bond donors (Lipinski definition) is 0. The average molecular weight is 350 g/mol. The fourth-order valence-electron chi connectivity index (χ4n) is 4.13. The Morgan fingerprint density at radius 2 is 1.65 bits per heavy atom. The largest absolute Gasteiger partial charge is 0.353 e. The Morgan fingerprint density at radius 1 is 0.885 bits per heavy atom. The minimum atomic E-state index is 0.754. The first-order chi connectivity index (χ1) is 12.7. The monoisotopic (exact) mass is 350 g/mol. The van der Waals surface area contributed by atoms with Gasteiger partial charge in [-0.2, -0.15) is 0 Å². The van der Waals surface area contributed by atoms with Gasteiger partial charge in [0.1, 0.15) is 23.5 Å². The molecule has 5 rings (SSSR count). The smallest absolute Gasteiger partial charge is 0.182 e. The molecule has 0 spiro atoms. The molecular weight excluding hydrogens is 328 g/mol. The molecule has 1 fully saturated rings. The standard InChI is InChI=1S/C18H22N8/c1-12-22-14-5-3-4-13(14)17(23-12)25-6-8-26(9-7-25)18-15-16(19-10-20-18)21-11-24(15)2/h10-11H,3-9H2,1-2H3. The Bertz CT molecular complexity index is 971. The molecule has 8 heteroatoms. The summed E-state index contributed by atoms with van der Waals surface area (Å²) in [5.41, 5.74) is 4.37. The van der Waals surface area contributed by atoms with Crippen molar-refractivity contribution in [3.05, 3.63) is 29.7 Å². The van der Waals surface area contributed by atoms with Gasteiger partial charge in [-0.15, -0.1) is 0 Å². The second kappa shape index (κ2) is 5.89. The number of rotatable bonds is 2. The lowest BCUT2D eigenvalue weighted by molar-refractivity contribution is 0.637. The van der Waals surface area contributed by atoms with Gasteiger partial charge in [-0.05, 0) is 26.2 Å². The van der Waals surface area contributed by atoms with E-state index in [1.165, 1.54) is 17.7 Å². The van der Waals surface area contributed by atoms with Crippen LogP contribution in [-0.4, -0.2) is 55.7 Å². The molecule has 0 aromatic carbocycles. The van der Waals surface area contributed by atoms with Gasteiger partial charge >= 0.3 is 0 Å². The summed E-state index contributed by atoms with van der Waals surface area (Å²) in [5, 5.41) is 0. The summed E-state index contributed by atoms with van der Waals surface area (Å²) in [6.45, 7) is 5.70. The minimum Gasteiger partial charge on any atom is -0.353 e. The molecule has 4 heterocycles. The number of anilines is 2. The Balaban J connectivity index is 1.41. The fraction of sp³-hybridized carbons (Fsp3) is 0.500. The fourth-order valence-corrected chi connectivity index (χ4v) is 4.13. The van der Waals surface area contributed by atoms with Crippen molar-refractivity contribution in [2.45, 2.75) is 26.2 Å². The van der Waals surface area contributed by atoms with Crippen molar-refractivity contribution in [3.63, 3.8) is 0 Å². The van der Waals surface area contributed by atoms with Crippen LogP contribution in [-0.2, 0) is 19.9 Å². The van der Waals surface area contributed by atoms with E-state index in [9.17, 15) is 0 Å². The highest BCUT2D eigenvalue weighted by Crippen LogP contribution is 2.30. The summed E-state index contributed by atoms with van der Waals surface area (Å²) in [5.74, 6) is 3.01. The zero-order valence-electron chi connectivity index (χ0n) is 15.2. The van der Waals surface area contributed by atoms with Gasteiger partial charge in [-0.1, -0.05) is 0 Å². The highest BCUT2D eigenvalue weighted by molar-refractivity contribution is 5.83. The summed E-state index contributed by atoms with van der Waals surface area (Å²) in [7, 11) is 1.99. The SMILES string of the molecule is Cc1nc2c(c(N3CCN(c4ncnc5ncn(C)c45)CC3)n1)CCC2. The molecule has 1 saturated heterocycles. The number of fused-ring (bicyclic) bond motifs is 2. The number of nitrogens with zero attached hydrogens (tertiary/aromatic N) is 8. The van der Waals surface area contributed by atoms with Crippen LogP contribution in [0.1, 0.15) is 23.5 Å². The van der Waals surface area contributed by atoms with Crippen molar-refractivity contribution >= 4 is 22.8 Å². The number of aromatic nitrogens is 6. The second-order valence-electron chi connectivity index (χ2n) is 7.07. The second-order valence-corrected chi connectivity index (χ2v) is 7.07. The lowest BCUT2D eigenvalue weighted by Gasteiger charge is -2.37. The predicted molar refractivity (Wildman–Crippen MR) is 99.5 cm³/mol. The van der Waals surface area contributed by atoms with Crippen LogP contribution in [0.4, 0.5) is 11.6 Å². The van der Waals surface area contributed by atoms with E-state index in [2.05, 4.69) is 29.7 Å². The molecule has 134 valence electrons. The van der Waals surface area contributed by atoms with Gasteiger partial charge in [0, 0.05) is 44.5 Å². The molecule has 1 aliphatic carbocycles. The average Bonchev–Trinajstić information content (AvgIpc) is 3.28. The molecule has 0 unspecified atom stereocenters. The molecule has 3 aromatic rings. The maximum absolute atomic E-state index is 4.78. The summed E-state index contributed by atoms with van der Waals surface area (Å²) >= 11 is 0. The van der Waals surface area contributed by atoms with E-state index in [1.807, 2.05) is 18.5 Å². The Labute approximate surface area is 151 Å². The van der Waals surface area contributed by atoms with Crippen LogP contribution in [0.2, 0.25) is 0 Å². The number of aryl methyl sites for hydroxylation is 3. The third-order valence-electron chi connectivity index (χ3n) is 5.39. The van der Waals surface area contributed by atoms with Crippen molar-refractivity contribution in [2.24, 2.45) is 7.05 Å². The summed E-state index contributed by atoms with van der Waals surface area (Å²) in [6.07, 6.45) is 6.79. The Hall–Kier alpha value is -2.77. The maximum atomic E-state index is 4.78. The van der Waals surface area contributed by atoms with Crippen molar-refractivity contribution in [3.8, 4) is 0 Å². The molecule has 0 amide bonds. The molecule has 0 N–H and O–H groups in total. The molecule has 1 aliphatic heterocycles. The normalized spacial score (nSPS) is 17.2. The summed E-state index contributed by atoms with van der Waals surface area (Å²) < 4.78 is 2.00. The van der Waals surface area contributed by atoms with E-state index in [1.54, 1.807) is 12.7 Å². The van der Waals surface area contributed by atoms with E-state index in [4.69, 9.17) is 4.98 Å². The summed E-state index contributed by atoms with van der Waals surface area (Å²) in [6, 6.07) is 0. The van der Waals surface area contributed by atoms with Gasteiger partial charge in [-0.25, -0.2) is 24.9 Å². The zero-order valence-corrected chi connectivity index (χ0v) is 15.2. The highest BCUT2D eigenvalue weighted by Gasteiger charge is 2.26. The van der Waals surface area contributed by atoms with Crippen LogP contribution in [0, 0.1) is 6.92 Å². The molecule has 0 atom stereocenters. The first-order valence-electron chi connectivity index (χ1n) is 9.19. The van der Waals surface area contributed by atoms with Crippen molar-refractivity contribution < 1.29 is 0 Å². The van der Waals surface area contributed by atoms with Gasteiger partial charge in [-0.3, -0.25) is 0 Å². The quantitative estimate of drug-likeness (QED) is 0.689. The lowest BCUT2D eigenvalue weighted by atomic mass is 10.2. The molecule has 0 radical (unpaired) electrons. The first-order valence-corrected chi connectivity index (χ1v) is 9.19. The van der Waals surface area contributed by atoms with Crippen LogP contribution in [0.3, 0.4) is 0 Å². The maximum Gasteiger partial charge on any atom is 0.182 e. The Morgan fingerprint density at radius 3 is 2.46 bits per heavy atom. The third-order valence-corrected chi connectivity index (χ3v) is 5.39. The number of piperazine rings is 1. The van der Waals surface area contributed by atoms with Crippen LogP contribution in [0.15, 0.2) is 12.7 Å². The van der Waals surface area contributed by atoms with E-state index < -0.39 is 0 Å². The van der Waals surface area contributed by atoms with Gasteiger partial charge in [0.15, 0.2) is 11.5 Å². The molecule has 26 heavy (non-hydrogen) atoms. The van der Waals surface area contributed by atoms with Gasteiger partial charge in [0.25, 0.3) is 0 Å². The zero-order chi connectivity index (χ0) is 17.7. The van der Waals surface area contributed by atoms with Crippen LogP contribution in [0.5, 0.6) is 0 Å².